The number of aliphatic hydroxyl groups is 16. The molecule has 0 aromatic carbocycles. The van der Waals surface area contributed by atoms with Crippen LogP contribution >= 0.6 is 0 Å². The van der Waals surface area contributed by atoms with Crippen molar-refractivity contribution in [3.8, 4) is 0 Å². The number of unbranched alkanes of at least 4 members (excludes halogenated alkanes) is 8. The van der Waals surface area contributed by atoms with Crippen LogP contribution < -0.4 is 0 Å². The van der Waals surface area contributed by atoms with Gasteiger partial charge in [0.05, 0.1) is 119 Å². The molecule has 4 fully saturated rings. The molecular weight excluding hydrogens is 1120 g/mol. The predicted octanol–water partition coefficient (Wildman–Crippen LogP) is -6.99. The molecule has 0 radical (unpaired) electrons. The summed E-state index contributed by atoms with van der Waals surface area (Å²) < 4.78 is 86.4. The van der Waals surface area contributed by atoms with Gasteiger partial charge in [-0.3, -0.25) is 0 Å². The first-order valence-electron chi connectivity index (χ1n) is 28.9. The second-order valence-corrected chi connectivity index (χ2v) is 20.8. The SMILES string of the molecule is CCCCCCCCCCCOC(COC(COCCO[C@H]1O[C@H](CO)[C@@H](O)[C@H](O)[C@@H]1O)COCCO[C@H]1O[C@H](CO)[C@@H](O)[C@H](O)[C@@H]1O)COC(COCCO[C@H]1O[C@H](CO)[C@@H](O)[C@H](O)[C@@H]1O)COCCO[C@H]1O[C@H](CO)[C@@H](O)[C@H](O)[C@@H]1O. The Bertz CT molecular complexity index is 1400. The van der Waals surface area contributed by atoms with Gasteiger partial charge < -0.3 is 153 Å². The van der Waals surface area contributed by atoms with Gasteiger partial charge in [-0.05, 0) is 6.42 Å². The van der Waals surface area contributed by atoms with Crippen molar-refractivity contribution >= 4 is 0 Å². The molecule has 4 rings (SSSR count). The lowest BCUT2D eigenvalue weighted by Crippen LogP contribution is -2.59. The Balaban J connectivity index is 1.41. The molecule has 0 saturated carbocycles. The van der Waals surface area contributed by atoms with E-state index >= 15 is 0 Å². The summed E-state index contributed by atoms with van der Waals surface area (Å²) in [4.78, 5) is 0. The molecule has 0 spiro atoms. The minimum Gasteiger partial charge on any atom is -0.394 e. The van der Waals surface area contributed by atoms with Crippen LogP contribution in [0.2, 0.25) is 0 Å². The van der Waals surface area contributed by atoms with E-state index in [1.165, 1.54) is 19.3 Å². The summed E-state index contributed by atoms with van der Waals surface area (Å²) in [5.74, 6) is 0. The number of ether oxygens (including phenoxy) is 15. The van der Waals surface area contributed by atoms with Crippen LogP contribution in [0.5, 0.6) is 0 Å². The van der Waals surface area contributed by atoms with Gasteiger partial charge >= 0.3 is 0 Å². The van der Waals surface area contributed by atoms with Crippen molar-refractivity contribution in [1.29, 1.82) is 0 Å². The maximum atomic E-state index is 10.4. The Kier molecular flexibility index (Phi) is 37.5. The number of aliphatic hydroxyl groups excluding tert-OH is 16. The zero-order chi connectivity index (χ0) is 60.7. The minimum atomic E-state index is -1.65. The average Bonchev–Trinajstić information content (AvgIpc) is 3.50. The van der Waals surface area contributed by atoms with Gasteiger partial charge in [-0.25, -0.2) is 0 Å². The first kappa shape index (κ1) is 74.2. The van der Waals surface area contributed by atoms with Gasteiger partial charge in [0.25, 0.3) is 0 Å². The number of hydrogen-bond acceptors (Lipinski definition) is 31. The van der Waals surface area contributed by atoms with E-state index in [0.29, 0.717) is 6.61 Å². The van der Waals surface area contributed by atoms with Crippen LogP contribution in [0.4, 0.5) is 0 Å². The third kappa shape index (κ3) is 25.3. The summed E-state index contributed by atoms with van der Waals surface area (Å²) in [5.41, 5.74) is 0. The van der Waals surface area contributed by atoms with Crippen molar-refractivity contribution in [3.63, 3.8) is 0 Å². The molecule has 4 saturated heterocycles. The molecule has 0 aliphatic carbocycles. The standard InChI is InChI=1S/C52H98O31/c1-2-3-4-5-6-7-8-9-10-11-73-32(28-78-30(24-69-12-16-74-49-45(65)41(61)37(57)33(20-53)80-49)25-70-13-17-75-50-46(66)42(62)38(58)34(21-54)81-50)29-79-31(26-71-14-18-76-51-47(67)43(63)39(59)35(22-55)82-51)27-72-15-19-77-52-48(68)44(64)40(60)36(23-56)83-52/h30-68H,2-29H2,1H3/t33-,34-,35-,36-,37-,38-,39-,40-,41+,42+,43+,44+,45+,46+,47+,48+,49+,50+,51+,52+/m1/s1. The zero-order valence-corrected chi connectivity index (χ0v) is 47.4. The lowest BCUT2D eigenvalue weighted by atomic mass is 9.99. The quantitative estimate of drug-likeness (QED) is 0.0252. The van der Waals surface area contributed by atoms with Crippen LogP contribution in [0.1, 0.15) is 64.7 Å². The van der Waals surface area contributed by atoms with Crippen LogP contribution in [-0.2, 0) is 71.1 Å². The van der Waals surface area contributed by atoms with Gasteiger partial charge in [0.2, 0.25) is 0 Å². The van der Waals surface area contributed by atoms with Gasteiger partial charge in [-0.15, -0.1) is 0 Å². The summed E-state index contributed by atoms with van der Waals surface area (Å²) in [7, 11) is 0. The van der Waals surface area contributed by atoms with Crippen molar-refractivity contribution in [2.24, 2.45) is 0 Å². The van der Waals surface area contributed by atoms with Crippen LogP contribution in [0.3, 0.4) is 0 Å². The summed E-state index contributed by atoms with van der Waals surface area (Å²) in [6.07, 6.45) is -22.5. The van der Waals surface area contributed by atoms with Gasteiger partial charge in [0, 0.05) is 6.61 Å². The minimum absolute atomic E-state index is 0.0914. The van der Waals surface area contributed by atoms with E-state index < -0.39 is 168 Å². The molecule has 4 aliphatic heterocycles. The monoisotopic (exact) mass is 1220 g/mol. The zero-order valence-electron chi connectivity index (χ0n) is 47.4. The van der Waals surface area contributed by atoms with Crippen molar-refractivity contribution < 1.29 is 153 Å². The average molecular weight is 1220 g/mol. The van der Waals surface area contributed by atoms with Crippen LogP contribution in [-0.4, -0.2) is 348 Å². The van der Waals surface area contributed by atoms with E-state index in [1.54, 1.807) is 0 Å². The van der Waals surface area contributed by atoms with Crippen LogP contribution in [0.15, 0.2) is 0 Å². The van der Waals surface area contributed by atoms with E-state index in [9.17, 15) is 81.7 Å². The smallest absolute Gasteiger partial charge is 0.186 e. The lowest BCUT2D eigenvalue weighted by molar-refractivity contribution is -0.303. The molecule has 20 atom stereocenters. The van der Waals surface area contributed by atoms with E-state index in [2.05, 4.69) is 6.92 Å². The summed E-state index contributed by atoms with van der Waals surface area (Å²) in [5, 5.41) is 161. The molecule has 31 heteroatoms. The molecule has 4 aliphatic rings. The van der Waals surface area contributed by atoms with E-state index in [-0.39, 0.29) is 92.5 Å². The molecule has 31 nitrogen and oxygen atoms in total. The maximum Gasteiger partial charge on any atom is 0.186 e. The van der Waals surface area contributed by atoms with Gasteiger partial charge in [-0.2, -0.15) is 0 Å². The fourth-order valence-corrected chi connectivity index (χ4v) is 9.15. The Morgan fingerprint density at radius 3 is 0.795 bits per heavy atom. The Morgan fingerprint density at radius 2 is 0.530 bits per heavy atom. The third-order valence-electron chi connectivity index (χ3n) is 14.3. The summed E-state index contributed by atoms with van der Waals surface area (Å²) in [6, 6.07) is 0. The van der Waals surface area contributed by atoms with Gasteiger partial charge in [-0.1, -0.05) is 58.3 Å². The molecule has 0 amide bonds. The van der Waals surface area contributed by atoms with E-state index in [4.69, 9.17) is 71.1 Å². The highest BCUT2D eigenvalue weighted by atomic mass is 16.7. The first-order chi connectivity index (χ1) is 40.0. The molecule has 0 bridgehead atoms. The fourth-order valence-electron chi connectivity index (χ4n) is 9.15. The van der Waals surface area contributed by atoms with Crippen LogP contribution in [0.25, 0.3) is 0 Å². The maximum absolute atomic E-state index is 10.4. The highest BCUT2D eigenvalue weighted by Crippen LogP contribution is 2.26. The fraction of sp³-hybridized carbons (Fsp3) is 1.00. The summed E-state index contributed by atoms with van der Waals surface area (Å²) in [6.45, 7) is -1.81. The first-order valence-corrected chi connectivity index (χ1v) is 28.9. The van der Waals surface area contributed by atoms with Crippen molar-refractivity contribution in [1.82, 2.24) is 0 Å². The van der Waals surface area contributed by atoms with E-state index in [0.717, 1.165) is 38.5 Å². The molecule has 83 heavy (non-hydrogen) atoms. The lowest BCUT2D eigenvalue weighted by Gasteiger charge is -2.39. The largest absolute Gasteiger partial charge is 0.394 e. The predicted molar refractivity (Wildman–Crippen MR) is 279 cm³/mol. The number of hydrogen-bond donors (Lipinski definition) is 16. The molecule has 492 valence electrons. The van der Waals surface area contributed by atoms with Gasteiger partial charge in [0.1, 0.15) is 116 Å². The number of rotatable bonds is 45. The third-order valence-corrected chi connectivity index (χ3v) is 14.3. The Morgan fingerprint density at radius 1 is 0.277 bits per heavy atom. The van der Waals surface area contributed by atoms with Crippen molar-refractivity contribution in [2.45, 2.75) is 206 Å². The molecule has 0 aromatic heterocycles. The highest BCUT2D eigenvalue weighted by molar-refractivity contribution is 4.92. The van der Waals surface area contributed by atoms with Crippen molar-refractivity contribution in [3.05, 3.63) is 0 Å². The molecule has 0 unspecified atom stereocenters. The van der Waals surface area contributed by atoms with Crippen molar-refractivity contribution in [2.75, 3.05) is 126 Å². The highest BCUT2D eigenvalue weighted by Gasteiger charge is 2.47. The second kappa shape index (κ2) is 41.9. The molecule has 0 aromatic rings. The van der Waals surface area contributed by atoms with Gasteiger partial charge in [0.15, 0.2) is 25.2 Å². The second-order valence-electron chi connectivity index (χ2n) is 20.8. The van der Waals surface area contributed by atoms with E-state index in [1.807, 2.05) is 0 Å². The Hall–Kier alpha value is -1.24. The molecule has 4 heterocycles. The summed E-state index contributed by atoms with van der Waals surface area (Å²) >= 11 is 0. The topological polar surface area (TPSA) is 462 Å². The molecular formula is C52H98O31. The normalized spacial score (nSPS) is 34.4. The Labute approximate surface area is 483 Å². The molecule has 16 N–H and O–H groups in total. The van der Waals surface area contributed by atoms with Crippen LogP contribution in [0, 0.1) is 0 Å².